The van der Waals surface area contributed by atoms with E-state index < -0.39 is 5.97 Å². The highest BCUT2D eigenvalue weighted by Crippen LogP contribution is 2.20. The molecule has 0 aromatic heterocycles. The quantitative estimate of drug-likeness (QED) is 0.604. The smallest absolute Gasteiger partial charge is 0.341 e. The van der Waals surface area contributed by atoms with E-state index in [4.69, 9.17) is 5.73 Å². The molecule has 5 nitrogen and oxygen atoms in total. The molecule has 0 fully saturated rings. The molecule has 0 saturated heterocycles. The summed E-state index contributed by atoms with van der Waals surface area (Å²) >= 11 is 0. The molecule has 0 aliphatic carbocycles. The van der Waals surface area contributed by atoms with Gasteiger partial charge in [-0.05, 0) is 25.1 Å². The Kier molecular flexibility index (Phi) is 4.23. The van der Waals surface area contributed by atoms with Crippen LogP contribution >= 0.6 is 0 Å². The molecule has 0 bridgehead atoms. The summed E-state index contributed by atoms with van der Waals surface area (Å²) in [6, 6.07) is 3.80. The largest absolute Gasteiger partial charge is 0.507 e. The third-order valence-electron chi connectivity index (χ3n) is 2.23. The Morgan fingerprint density at radius 1 is 1.47 bits per heavy atom. The lowest BCUT2D eigenvalue weighted by Gasteiger charge is -2.07. The Morgan fingerprint density at radius 3 is 2.65 bits per heavy atom. The second-order valence-corrected chi connectivity index (χ2v) is 3.83. The number of ether oxygens (including phenoxy) is 1. The first kappa shape index (κ1) is 13.2. The zero-order valence-corrected chi connectivity index (χ0v) is 9.77. The molecule has 5 heteroatoms. The Labute approximate surface area is 99.2 Å². The monoisotopic (exact) mass is 237 g/mol. The van der Waals surface area contributed by atoms with Crippen molar-refractivity contribution < 1.29 is 19.4 Å². The van der Waals surface area contributed by atoms with Gasteiger partial charge in [0.2, 0.25) is 0 Å². The van der Waals surface area contributed by atoms with Gasteiger partial charge in [-0.15, -0.1) is 0 Å². The summed E-state index contributed by atoms with van der Waals surface area (Å²) in [5.74, 6) is -1.07. The number of Topliss-reactive ketones (excluding diaryl/α,β-unsaturated/α-hetero) is 1. The molecule has 0 aliphatic rings. The average molecular weight is 237 g/mol. The molecule has 1 unspecified atom stereocenters. The van der Waals surface area contributed by atoms with Crippen molar-refractivity contribution in [1.29, 1.82) is 0 Å². The topological polar surface area (TPSA) is 89.6 Å². The predicted octanol–water partition coefficient (Wildman–Crippen LogP) is 1.10. The molecule has 0 amide bonds. The van der Waals surface area contributed by atoms with E-state index in [2.05, 4.69) is 4.74 Å². The number of phenolic OH excluding ortho intramolecular Hbond substituents is 1. The highest BCUT2D eigenvalue weighted by Gasteiger charge is 2.15. The van der Waals surface area contributed by atoms with Crippen molar-refractivity contribution in [3.8, 4) is 5.75 Å². The first-order valence-corrected chi connectivity index (χ1v) is 5.15. The Morgan fingerprint density at radius 2 is 2.12 bits per heavy atom. The molecule has 1 rings (SSSR count). The molecule has 1 aromatic rings. The third kappa shape index (κ3) is 3.29. The predicted molar refractivity (Wildman–Crippen MR) is 62.0 cm³/mol. The van der Waals surface area contributed by atoms with Crippen molar-refractivity contribution in [1.82, 2.24) is 0 Å². The number of esters is 1. The van der Waals surface area contributed by atoms with E-state index in [1.165, 1.54) is 25.3 Å². The summed E-state index contributed by atoms with van der Waals surface area (Å²) in [6.07, 6.45) is 0.186. The van der Waals surface area contributed by atoms with Gasteiger partial charge >= 0.3 is 5.97 Å². The first-order valence-electron chi connectivity index (χ1n) is 5.15. The van der Waals surface area contributed by atoms with Crippen molar-refractivity contribution in [2.45, 2.75) is 19.4 Å². The summed E-state index contributed by atoms with van der Waals surface area (Å²) in [6.45, 7) is 1.72. The lowest BCUT2D eigenvalue weighted by atomic mass is 10.0. The summed E-state index contributed by atoms with van der Waals surface area (Å²) in [4.78, 5) is 23.0. The minimum atomic E-state index is -0.682. The van der Waals surface area contributed by atoms with Crippen LogP contribution in [0.2, 0.25) is 0 Å². The van der Waals surface area contributed by atoms with E-state index in [0.29, 0.717) is 5.56 Å². The van der Waals surface area contributed by atoms with Gasteiger partial charge in [-0.3, -0.25) is 4.79 Å². The van der Waals surface area contributed by atoms with Gasteiger partial charge in [0.05, 0.1) is 7.11 Å². The second-order valence-electron chi connectivity index (χ2n) is 3.83. The lowest BCUT2D eigenvalue weighted by molar-refractivity contribution is 0.0597. The first-order chi connectivity index (χ1) is 7.95. The summed E-state index contributed by atoms with van der Waals surface area (Å²) in [5, 5.41) is 9.46. The third-order valence-corrected chi connectivity index (χ3v) is 2.23. The maximum atomic E-state index is 11.7. The molecular formula is C12H15NO4. The molecule has 1 atom stereocenters. The van der Waals surface area contributed by atoms with Crippen molar-refractivity contribution in [2.75, 3.05) is 7.11 Å². The zero-order chi connectivity index (χ0) is 13.0. The Balaban J connectivity index is 3.04. The average Bonchev–Trinajstić information content (AvgIpc) is 2.27. The van der Waals surface area contributed by atoms with E-state index in [9.17, 15) is 14.7 Å². The van der Waals surface area contributed by atoms with Gasteiger partial charge < -0.3 is 15.6 Å². The van der Waals surface area contributed by atoms with Crippen LogP contribution < -0.4 is 5.73 Å². The van der Waals surface area contributed by atoms with Crippen LogP contribution in [-0.2, 0) is 4.74 Å². The van der Waals surface area contributed by atoms with Crippen LogP contribution in [0.4, 0.5) is 0 Å². The number of rotatable bonds is 4. The molecule has 3 N–H and O–H groups in total. The Bertz CT molecular complexity index is 440. The van der Waals surface area contributed by atoms with Crippen molar-refractivity contribution in [3.63, 3.8) is 0 Å². The molecule has 0 radical (unpaired) electrons. The van der Waals surface area contributed by atoms with Gasteiger partial charge in [-0.1, -0.05) is 0 Å². The van der Waals surface area contributed by atoms with E-state index in [-0.39, 0.29) is 29.6 Å². The number of phenols is 1. The van der Waals surface area contributed by atoms with Crippen LogP contribution in [-0.4, -0.2) is 30.0 Å². The van der Waals surface area contributed by atoms with Crippen LogP contribution in [0.3, 0.4) is 0 Å². The van der Waals surface area contributed by atoms with E-state index in [0.717, 1.165) is 0 Å². The Hall–Kier alpha value is -1.88. The fourth-order valence-corrected chi connectivity index (χ4v) is 1.39. The van der Waals surface area contributed by atoms with E-state index in [1.807, 2.05) is 0 Å². The molecule has 92 valence electrons. The van der Waals surface area contributed by atoms with Crippen LogP contribution in [0.25, 0.3) is 0 Å². The molecule has 0 spiro atoms. The maximum Gasteiger partial charge on any atom is 0.341 e. The fraction of sp³-hybridized carbons (Fsp3) is 0.333. The molecule has 0 heterocycles. The SMILES string of the molecule is COC(=O)c1cc(C(=O)CC(C)N)ccc1O. The number of methoxy groups -OCH3 is 1. The van der Waals surface area contributed by atoms with E-state index >= 15 is 0 Å². The summed E-state index contributed by atoms with van der Waals surface area (Å²) in [5.41, 5.74) is 5.83. The van der Waals surface area contributed by atoms with Crippen LogP contribution in [0.15, 0.2) is 18.2 Å². The highest BCUT2D eigenvalue weighted by atomic mass is 16.5. The number of aromatic hydroxyl groups is 1. The van der Waals surface area contributed by atoms with Crippen molar-refractivity contribution >= 4 is 11.8 Å². The van der Waals surface area contributed by atoms with Crippen molar-refractivity contribution in [2.24, 2.45) is 5.73 Å². The molecule has 1 aromatic carbocycles. The zero-order valence-electron chi connectivity index (χ0n) is 9.77. The van der Waals surface area contributed by atoms with Gasteiger partial charge in [-0.25, -0.2) is 4.79 Å². The molecule has 17 heavy (non-hydrogen) atoms. The minimum Gasteiger partial charge on any atom is -0.507 e. The fourth-order valence-electron chi connectivity index (χ4n) is 1.39. The van der Waals surface area contributed by atoms with Crippen LogP contribution in [0, 0.1) is 0 Å². The van der Waals surface area contributed by atoms with Gasteiger partial charge in [0.25, 0.3) is 0 Å². The molecule has 0 saturated carbocycles. The van der Waals surface area contributed by atoms with Gasteiger partial charge in [0, 0.05) is 18.0 Å². The maximum absolute atomic E-state index is 11.7. The second kappa shape index (κ2) is 5.45. The highest BCUT2D eigenvalue weighted by molar-refractivity contribution is 6.00. The summed E-state index contributed by atoms with van der Waals surface area (Å²) in [7, 11) is 1.21. The number of nitrogens with two attached hydrogens (primary N) is 1. The number of hydrogen-bond donors (Lipinski definition) is 2. The van der Waals surface area contributed by atoms with Gasteiger partial charge in [-0.2, -0.15) is 0 Å². The number of ketones is 1. The standard InChI is InChI=1S/C12H15NO4/c1-7(13)5-11(15)8-3-4-10(14)9(6-8)12(16)17-2/h3-4,6-7,14H,5,13H2,1-2H3. The van der Waals surface area contributed by atoms with E-state index in [1.54, 1.807) is 6.92 Å². The normalized spacial score (nSPS) is 11.9. The number of carbonyl (C=O) groups is 2. The number of benzene rings is 1. The number of carbonyl (C=O) groups excluding carboxylic acids is 2. The lowest BCUT2D eigenvalue weighted by Crippen LogP contribution is -2.19. The summed E-state index contributed by atoms with van der Waals surface area (Å²) < 4.78 is 4.50. The van der Waals surface area contributed by atoms with Crippen LogP contribution in [0.1, 0.15) is 34.1 Å². The van der Waals surface area contributed by atoms with Gasteiger partial charge in [0.1, 0.15) is 11.3 Å². The number of hydrogen-bond acceptors (Lipinski definition) is 5. The van der Waals surface area contributed by atoms with Crippen molar-refractivity contribution in [3.05, 3.63) is 29.3 Å². The minimum absolute atomic E-state index is 0.0250. The van der Waals surface area contributed by atoms with Gasteiger partial charge in [0.15, 0.2) is 5.78 Å². The molecule has 0 aliphatic heterocycles. The molecular weight excluding hydrogens is 222 g/mol. The van der Waals surface area contributed by atoms with Crippen LogP contribution in [0.5, 0.6) is 5.75 Å².